The Morgan fingerprint density at radius 2 is 2.31 bits per heavy atom. The van der Waals surface area contributed by atoms with Crippen LogP contribution in [0.5, 0.6) is 0 Å². The summed E-state index contributed by atoms with van der Waals surface area (Å²) in [5.74, 6) is 0.550. The number of hydrogen-bond acceptors (Lipinski definition) is 3. The van der Waals surface area contributed by atoms with E-state index >= 15 is 0 Å². The highest BCUT2D eigenvalue weighted by molar-refractivity contribution is 5.39. The number of aromatic nitrogens is 2. The van der Waals surface area contributed by atoms with Crippen molar-refractivity contribution in [1.29, 1.82) is 0 Å². The fraction of sp³-hybridized carbons (Fsp3) is 0.667. The maximum Gasteiger partial charge on any atom is 0.139 e. The molecule has 0 fully saturated rings. The number of anilines is 1. The standard InChI is InChI=1S/C9H17N3O/c1-7(2)5-13-6-12-4-9(10)8(3)11-12/h4,7H,5-6,10H2,1-3H3. The lowest BCUT2D eigenvalue weighted by atomic mass is 10.2. The van der Waals surface area contributed by atoms with E-state index in [2.05, 4.69) is 18.9 Å². The van der Waals surface area contributed by atoms with Crippen molar-refractivity contribution < 1.29 is 4.74 Å². The van der Waals surface area contributed by atoms with Gasteiger partial charge in [0, 0.05) is 0 Å². The van der Waals surface area contributed by atoms with E-state index in [9.17, 15) is 0 Å². The maximum absolute atomic E-state index is 5.63. The summed E-state index contributed by atoms with van der Waals surface area (Å²) in [5, 5.41) is 4.17. The molecule has 0 radical (unpaired) electrons. The Labute approximate surface area is 78.7 Å². The molecule has 0 unspecified atom stereocenters. The molecule has 0 saturated heterocycles. The minimum Gasteiger partial charge on any atom is -0.396 e. The zero-order valence-corrected chi connectivity index (χ0v) is 8.45. The Balaban J connectivity index is 2.37. The number of nitrogens with zero attached hydrogens (tertiary/aromatic N) is 2. The fourth-order valence-corrected chi connectivity index (χ4v) is 0.981. The van der Waals surface area contributed by atoms with Gasteiger partial charge in [0.15, 0.2) is 0 Å². The van der Waals surface area contributed by atoms with E-state index in [0.717, 1.165) is 12.3 Å². The van der Waals surface area contributed by atoms with Crippen molar-refractivity contribution in [1.82, 2.24) is 9.78 Å². The van der Waals surface area contributed by atoms with Gasteiger partial charge in [0.25, 0.3) is 0 Å². The van der Waals surface area contributed by atoms with Crippen molar-refractivity contribution in [2.75, 3.05) is 12.3 Å². The molecule has 0 aromatic carbocycles. The van der Waals surface area contributed by atoms with Crippen molar-refractivity contribution in [3.05, 3.63) is 11.9 Å². The smallest absolute Gasteiger partial charge is 0.139 e. The molecule has 0 aliphatic heterocycles. The van der Waals surface area contributed by atoms with Crippen LogP contribution in [0, 0.1) is 12.8 Å². The minimum absolute atomic E-state index is 0.482. The highest BCUT2D eigenvalue weighted by Crippen LogP contribution is 2.06. The van der Waals surface area contributed by atoms with Crippen LogP contribution < -0.4 is 5.73 Å². The van der Waals surface area contributed by atoms with E-state index in [1.165, 1.54) is 0 Å². The Hall–Kier alpha value is -1.03. The van der Waals surface area contributed by atoms with Crippen molar-refractivity contribution in [3.63, 3.8) is 0 Å². The molecule has 0 atom stereocenters. The zero-order chi connectivity index (χ0) is 9.84. The third-order valence-electron chi connectivity index (χ3n) is 1.66. The van der Waals surface area contributed by atoms with E-state index in [0.29, 0.717) is 18.3 Å². The molecule has 0 spiro atoms. The van der Waals surface area contributed by atoms with Crippen molar-refractivity contribution >= 4 is 5.69 Å². The van der Waals surface area contributed by atoms with Crippen molar-refractivity contribution in [2.24, 2.45) is 5.92 Å². The van der Waals surface area contributed by atoms with Crippen LogP contribution in [-0.2, 0) is 11.5 Å². The van der Waals surface area contributed by atoms with Crippen LogP contribution in [0.3, 0.4) is 0 Å². The molecule has 1 heterocycles. The van der Waals surface area contributed by atoms with Crippen molar-refractivity contribution in [3.8, 4) is 0 Å². The van der Waals surface area contributed by atoms with Crippen LogP contribution in [0.25, 0.3) is 0 Å². The van der Waals surface area contributed by atoms with Gasteiger partial charge < -0.3 is 10.5 Å². The molecule has 4 heteroatoms. The Morgan fingerprint density at radius 3 is 2.77 bits per heavy atom. The van der Waals surface area contributed by atoms with Crippen LogP contribution in [0.15, 0.2) is 6.20 Å². The molecule has 1 aromatic heterocycles. The van der Waals surface area contributed by atoms with E-state index in [-0.39, 0.29) is 0 Å². The molecule has 4 nitrogen and oxygen atoms in total. The van der Waals surface area contributed by atoms with Crippen LogP contribution in [0.2, 0.25) is 0 Å². The van der Waals surface area contributed by atoms with E-state index in [4.69, 9.17) is 10.5 Å². The summed E-state index contributed by atoms with van der Waals surface area (Å²) in [4.78, 5) is 0. The average molecular weight is 183 g/mol. The highest BCUT2D eigenvalue weighted by Gasteiger charge is 2.00. The topological polar surface area (TPSA) is 53.1 Å². The van der Waals surface area contributed by atoms with Gasteiger partial charge in [0.05, 0.1) is 24.2 Å². The zero-order valence-electron chi connectivity index (χ0n) is 8.45. The first-order valence-electron chi connectivity index (χ1n) is 4.47. The van der Waals surface area contributed by atoms with Gasteiger partial charge in [-0.25, -0.2) is 4.68 Å². The lowest BCUT2D eigenvalue weighted by Gasteiger charge is -2.05. The highest BCUT2D eigenvalue weighted by atomic mass is 16.5. The monoisotopic (exact) mass is 183 g/mol. The second-order valence-corrected chi connectivity index (χ2v) is 3.60. The quantitative estimate of drug-likeness (QED) is 0.767. The number of nitrogens with two attached hydrogens (primary N) is 1. The first kappa shape index (κ1) is 10.1. The first-order chi connectivity index (χ1) is 6.09. The number of aryl methyl sites for hydroxylation is 1. The second-order valence-electron chi connectivity index (χ2n) is 3.60. The van der Waals surface area contributed by atoms with Gasteiger partial charge in [0.1, 0.15) is 6.73 Å². The predicted molar refractivity (Wildman–Crippen MR) is 52.2 cm³/mol. The summed E-state index contributed by atoms with van der Waals surface area (Å²) in [5.41, 5.74) is 7.20. The summed E-state index contributed by atoms with van der Waals surface area (Å²) >= 11 is 0. The normalized spacial score (nSPS) is 11.1. The summed E-state index contributed by atoms with van der Waals surface area (Å²) in [7, 11) is 0. The molecule has 0 saturated carbocycles. The third kappa shape index (κ3) is 3.06. The van der Waals surface area contributed by atoms with E-state index in [1.807, 2.05) is 6.92 Å². The lowest BCUT2D eigenvalue weighted by Crippen LogP contribution is -2.07. The molecule has 1 aromatic rings. The number of ether oxygens (including phenoxy) is 1. The van der Waals surface area contributed by atoms with Gasteiger partial charge in [-0.3, -0.25) is 0 Å². The van der Waals surface area contributed by atoms with E-state index < -0.39 is 0 Å². The van der Waals surface area contributed by atoms with Gasteiger partial charge >= 0.3 is 0 Å². The van der Waals surface area contributed by atoms with Gasteiger partial charge in [-0.05, 0) is 12.8 Å². The summed E-state index contributed by atoms with van der Waals surface area (Å²) in [6.07, 6.45) is 1.79. The molecule has 1 rings (SSSR count). The van der Waals surface area contributed by atoms with Gasteiger partial charge in [-0.2, -0.15) is 5.10 Å². The molecule has 0 bridgehead atoms. The summed E-state index contributed by atoms with van der Waals surface area (Å²) in [6.45, 7) is 7.34. The van der Waals surface area contributed by atoms with Crippen LogP contribution in [0.1, 0.15) is 19.5 Å². The third-order valence-corrected chi connectivity index (χ3v) is 1.66. The number of rotatable bonds is 4. The van der Waals surface area contributed by atoms with E-state index in [1.54, 1.807) is 10.9 Å². The molecule has 2 N–H and O–H groups in total. The summed E-state index contributed by atoms with van der Waals surface area (Å²) < 4.78 is 7.11. The maximum atomic E-state index is 5.63. The SMILES string of the molecule is Cc1nn(COCC(C)C)cc1N. The lowest BCUT2D eigenvalue weighted by molar-refractivity contribution is 0.0504. The Morgan fingerprint density at radius 1 is 1.62 bits per heavy atom. The molecule has 13 heavy (non-hydrogen) atoms. The van der Waals surface area contributed by atoms with Gasteiger partial charge in [0.2, 0.25) is 0 Å². The Bertz CT molecular complexity index is 248. The fourth-order valence-electron chi connectivity index (χ4n) is 0.981. The van der Waals surface area contributed by atoms with Gasteiger partial charge in [-0.15, -0.1) is 0 Å². The number of nitrogen functional groups attached to an aromatic ring is 1. The molecule has 0 amide bonds. The van der Waals surface area contributed by atoms with Gasteiger partial charge in [-0.1, -0.05) is 13.8 Å². The molecular formula is C9H17N3O. The predicted octanol–water partition coefficient (Wildman–Crippen LogP) is 1.40. The largest absolute Gasteiger partial charge is 0.396 e. The summed E-state index contributed by atoms with van der Waals surface area (Å²) in [6, 6.07) is 0. The molecular weight excluding hydrogens is 166 g/mol. The molecule has 74 valence electrons. The minimum atomic E-state index is 0.482. The first-order valence-corrected chi connectivity index (χ1v) is 4.47. The second kappa shape index (κ2) is 4.28. The average Bonchev–Trinajstić information content (AvgIpc) is 2.30. The number of hydrogen-bond donors (Lipinski definition) is 1. The van der Waals surface area contributed by atoms with Crippen LogP contribution in [0.4, 0.5) is 5.69 Å². The molecule has 0 aliphatic rings. The van der Waals surface area contributed by atoms with Crippen LogP contribution >= 0.6 is 0 Å². The molecule has 0 aliphatic carbocycles. The van der Waals surface area contributed by atoms with Crippen molar-refractivity contribution in [2.45, 2.75) is 27.5 Å². The van der Waals surface area contributed by atoms with Crippen LogP contribution in [-0.4, -0.2) is 16.4 Å². The Kier molecular flexibility index (Phi) is 3.31.